The summed E-state index contributed by atoms with van der Waals surface area (Å²) in [6, 6.07) is 8.12. The molecule has 130 valence electrons. The van der Waals surface area contributed by atoms with Crippen LogP contribution in [0.4, 0.5) is 5.69 Å². The third kappa shape index (κ3) is 6.50. The molecule has 1 fully saturated rings. The van der Waals surface area contributed by atoms with Gasteiger partial charge in [0.05, 0.1) is 6.54 Å². The largest absolute Gasteiger partial charge is 0.330 e. The van der Waals surface area contributed by atoms with Gasteiger partial charge in [0.25, 0.3) is 0 Å². The number of hydrogen-bond donors (Lipinski definition) is 2. The van der Waals surface area contributed by atoms with Crippen molar-refractivity contribution in [2.75, 3.05) is 31.5 Å². The van der Waals surface area contributed by atoms with Crippen LogP contribution in [0.1, 0.15) is 44.6 Å². The van der Waals surface area contributed by atoms with Crippen molar-refractivity contribution in [1.82, 2.24) is 4.90 Å². The first-order chi connectivity index (χ1) is 10.6. The van der Waals surface area contributed by atoms with Crippen LogP contribution in [0.2, 0.25) is 0 Å². The SMILES string of the molecule is CC(C)c1cccc(NC(=O)CN2CCCC(CCN)C2)c1.Cl. The molecular formula is C18H30ClN3O. The summed E-state index contributed by atoms with van der Waals surface area (Å²) in [5.41, 5.74) is 7.79. The van der Waals surface area contributed by atoms with E-state index >= 15 is 0 Å². The lowest BCUT2D eigenvalue weighted by Gasteiger charge is -2.32. The van der Waals surface area contributed by atoms with Crippen molar-refractivity contribution in [2.24, 2.45) is 11.7 Å². The predicted octanol–water partition coefficient (Wildman–Crippen LogP) is 3.23. The molecule has 0 spiro atoms. The molecule has 4 nitrogen and oxygen atoms in total. The summed E-state index contributed by atoms with van der Waals surface area (Å²) < 4.78 is 0. The first kappa shape index (κ1) is 19.9. The van der Waals surface area contributed by atoms with E-state index < -0.39 is 0 Å². The van der Waals surface area contributed by atoms with E-state index in [9.17, 15) is 4.79 Å². The van der Waals surface area contributed by atoms with Gasteiger partial charge in [-0.2, -0.15) is 0 Å². The smallest absolute Gasteiger partial charge is 0.238 e. The second-order valence-corrected chi connectivity index (χ2v) is 6.65. The lowest BCUT2D eigenvalue weighted by molar-refractivity contribution is -0.117. The van der Waals surface area contributed by atoms with E-state index in [0.29, 0.717) is 18.4 Å². The molecular weight excluding hydrogens is 310 g/mol. The van der Waals surface area contributed by atoms with Gasteiger partial charge in [-0.1, -0.05) is 26.0 Å². The fourth-order valence-corrected chi connectivity index (χ4v) is 3.15. The van der Waals surface area contributed by atoms with Crippen LogP contribution >= 0.6 is 12.4 Å². The van der Waals surface area contributed by atoms with Crippen molar-refractivity contribution in [1.29, 1.82) is 0 Å². The van der Waals surface area contributed by atoms with E-state index in [1.165, 1.54) is 18.4 Å². The number of nitrogens with zero attached hydrogens (tertiary/aromatic N) is 1. The number of halogens is 1. The number of carbonyl (C=O) groups is 1. The maximum atomic E-state index is 12.2. The Bertz CT molecular complexity index is 491. The highest BCUT2D eigenvalue weighted by molar-refractivity contribution is 5.92. The van der Waals surface area contributed by atoms with Gasteiger partial charge in [0.2, 0.25) is 5.91 Å². The number of amides is 1. The van der Waals surface area contributed by atoms with Gasteiger partial charge < -0.3 is 11.1 Å². The van der Waals surface area contributed by atoms with Crippen molar-refractivity contribution in [3.05, 3.63) is 29.8 Å². The van der Waals surface area contributed by atoms with Crippen LogP contribution in [0.5, 0.6) is 0 Å². The number of likely N-dealkylation sites (tertiary alicyclic amines) is 1. The van der Waals surface area contributed by atoms with Gasteiger partial charge in [0, 0.05) is 12.2 Å². The van der Waals surface area contributed by atoms with Gasteiger partial charge in [-0.25, -0.2) is 0 Å². The molecule has 1 unspecified atom stereocenters. The molecule has 3 N–H and O–H groups in total. The van der Waals surface area contributed by atoms with Crippen molar-refractivity contribution < 1.29 is 4.79 Å². The van der Waals surface area contributed by atoms with Crippen LogP contribution in [0.3, 0.4) is 0 Å². The van der Waals surface area contributed by atoms with Crippen molar-refractivity contribution >= 4 is 24.0 Å². The Balaban J connectivity index is 0.00000264. The van der Waals surface area contributed by atoms with Gasteiger partial charge in [0.15, 0.2) is 0 Å². The Hall–Kier alpha value is -1.10. The van der Waals surface area contributed by atoms with Gasteiger partial charge in [-0.05, 0) is 61.9 Å². The fraction of sp³-hybridized carbons (Fsp3) is 0.611. The first-order valence-corrected chi connectivity index (χ1v) is 8.40. The topological polar surface area (TPSA) is 58.4 Å². The van der Waals surface area contributed by atoms with Crippen molar-refractivity contribution in [2.45, 2.75) is 39.0 Å². The number of carbonyl (C=O) groups excluding carboxylic acids is 1. The number of nitrogens with two attached hydrogens (primary N) is 1. The van der Waals surface area contributed by atoms with E-state index in [0.717, 1.165) is 31.7 Å². The molecule has 1 aliphatic heterocycles. The normalized spacial score (nSPS) is 18.5. The zero-order valence-electron chi connectivity index (χ0n) is 14.3. The molecule has 0 radical (unpaired) electrons. The Morgan fingerprint density at radius 2 is 2.22 bits per heavy atom. The Labute approximate surface area is 146 Å². The first-order valence-electron chi connectivity index (χ1n) is 8.40. The molecule has 1 saturated heterocycles. The highest BCUT2D eigenvalue weighted by atomic mass is 35.5. The summed E-state index contributed by atoms with van der Waals surface area (Å²) in [5.74, 6) is 1.20. The lowest BCUT2D eigenvalue weighted by Crippen LogP contribution is -2.40. The molecule has 1 amide bonds. The van der Waals surface area contributed by atoms with E-state index in [2.05, 4.69) is 36.2 Å². The molecule has 1 aromatic carbocycles. The highest BCUT2D eigenvalue weighted by Gasteiger charge is 2.21. The molecule has 1 heterocycles. The predicted molar refractivity (Wildman–Crippen MR) is 99.2 cm³/mol. The number of hydrogen-bond acceptors (Lipinski definition) is 3. The summed E-state index contributed by atoms with van der Waals surface area (Å²) in [6.45, 7) is 7.55. The van der Waals surface area contributed by atoms with Crippen molar-refractivity contribution in [3.63, 3.8) is 0 Å². The molecule has 0 aromatic heterocycles. The summed E-state index contributed by atoms with van der Waals surface area (Å²) in [6.07, 6.45) is 3.47. The minimum absolute atomic E-state index is 0. The third-order valence-corrected chi connectivity index (χ3v) is 4.38. The minimum Gasteiger partial charge on any atom is -0.330 e. The van der Waals surface area contributed by atoms with Crippen LogP contribution in [0.25, 0.3) is 0 Å². The maximum Gasteiger partial charge on any atom is 0.238 e. The van der Waals surface area contributed by atoms with Crippen LogP contribution < -0.4 is 11.1 Å². The molecule has 0 aliphatic carbocycles. The van der Waals surface area contributed by atoms with E-state index in [1.807, 2.05) is 12.1 Å². The van der Waals surface area contributed by atoms with Crippen molar-refractivity contribution in [3.8, 4) is 0 Å². The molecule has 1 aromatic rings. The van der Waals surface area contributed by atoms with Crippen LogP contribution in [0, 0.1) is 5.92 Å². The lowest BCUT2D eigenvalue weighted by atomic mass is 9.95. The number of nitrogens with one attached hydrogen (secondary N) is 1. The number of anilines is 1. The third-order valence-electron chi connectivity index (χ3n) is 4.38. The Morgan fingerprint density at radius 1 is 1.43 bits per heavy atom. The molecule has 2 rings (SSSR count). The minimum atomic E-state index is 0. The fourth-order valence-electron chi connectivity index (χ4n) is 3.15. The zero-order chi connectivity index (χ0) is 15.9. The summed E-state index contributed by atoms with van der Waals surface area (Å²) in [7, 11) is 0. The van der Waals surface area contributed by atoms with Crippen LogP contribution in [-0.2, 0) is 4.79 Å². The second-order valence-electron chi connectivity index (χ2n) is 6.65. The molecule has 1 atom stereocenters. The van der Waals surface area contributed by atoms with Gasteiger partial charge in [-0.15, -0.1) is 12.4 Å². The van der Waals surface area contributed by atoms with Gasteiger partial charge >= 0.3 is 0 Å². The number of rotatable bonds is 6. The highest BCUT2D eigenvalue weighted by Crippen LogP contribution is 2.20. The molecule has 5 heteroatoms. The Kier molecular flexibility index (Phi) is 8.59. The van der Waals surface area contributed by atoms with Gasteiger partial charge in [0.1, 0.15) is 0 Å². The molecule has 0 saturated carbocycles. The molecule has 1 aliphatic rings. The zero-order valence-corrected chi connectivity index (χ0v) is 15.1. The summed E-state index contributed by atoms with van der Waals surface area (Å²) >= 11 is 0. The summed E-state index contributed by atoms with van der Waals surface area (Å²) in [4.78, 5) is 14.5. The molecule has 0 bridgehead atoms. The summed E-state index contributed by atoms with van der Waals surface area (Å²) in [5, 5.41) is 3.03. The van der Waals surface area contributed by atoms with E-state index in [-0.39, 0.29) is 18.3 Å². The van der Waals surface area contributed by atoms with Crippen LogP contribution in [-0.4, -0.2) is 37.0 Å². The number of benzene rings is 1. The average Bonchev–Trinajstić information content (AvgIpc) is 2.48. The van der Waals surface area contributed by atoms with Gasteiger partial charge in [-0.3, -0.25) is 9.69 Å². The monoisotopic (exact) mass is 339 g/mol. The van der Waals surface area contributed by atoms with E-state index in [1.54, 1.807) is 0 Å². The average molecular weight is 340 g/mol. The maximum absolute atomic E-state index is 12.2. The quantitative estimate of drug-likeness (QED) is 0.836. The standard InChI is InChI=1S/C18H29N3O.ClH/c1-14(2)16-6-3-7-17(11-16)20-18(22)13-21-10-4-5-15(12-21)8-9-19;/h3,6-7,11,14-15H,4-5,8-10,12-13,19H2,1-2H3,(H,20,22);1H. The number of piperidine rings is 1. The molecule has 23 heavy (non-hydrogen) atoms. The Morgan fingerprint density at radius 3 is 2.91 bits per heavy atom. The van der Waals surface area contributed by atoms with E-state index in [4.69, 9.17) is 5.73 Å². The second kappa shape index (κ2) is 9.91. The van der Waals surface area contributed by atoms with Crippen LogP contribution in [0.15, 0.2) is 24.3 Å².